The first-order valence-corrected chi connectivity index (χ1v) is 15.9. The van der Waals surface area contributed by atoms with E-state index in [0.717, 1.165) is 25.7 Å². The fourth-order valence-corrected chi connectivity index (χ4v) is 4.88. The molecular weight excluding hydrogens is 594 g/mol. The van der Waals surface area contributed by atoms with Gasteiger partial charge in [0.05, 0.1) is 6.61 Å². The maximum absolute atomic E-state index is 12.0. The molecule has 43 heavy (non-hydrogen) atoms. The molecule has 6 N–H and O–H groups in total. The number of hydrogen-bond donors (Lipinski definition) is 6. The van der Waals surface area contributed by atoms with Crippen molar-refractivity contribution in [1.29, 1.82) is 0 Å². The van der Waals surface area contributed by atoms with Gasteiger partial charge in [0.15, 0.2) is 0 Å². The molecule has 0 aliphatic heterocycles. The van der Waals surface area contributed by atoms with Crippen LogP contribution in [0.2, 0.25) is 0 Å². The predicted molar refractivity (Wildman–Crippen MR) is 154 cm³/mol. The number of unbranched alkanes of at least 4 members (excludes halogenated alkanes) is 4. The molecule has 0 saturated heterocycles. The Balaban J connectivity index is 0.0000176. The summed E-state index contributed by atoms with van der Waals surface area (Å²) in [6.07, 6.45) is 12.2. The molecule has 1 saturated carbocycles. The van der Waals surface area contributed by atoms with Gasteiger partial charge in [0.1, 0.15) is 49.3 Å². The Bertz CT molecular complexity index is 896. The third kappa shape index (κ3) is 18.8. The first-order chi connectivity index (χ1) is 20.0. The van der Waals surface area contributed by atoms with Crippen LogP contribution in [0.25, 0.3) is 0 Å². The Morgan fingerprint density at radius 2 is 1.23 bits per heavy atom. The molecule has 14 heteroatoms. The fourth-order valence-electron chi connectivity index (χ4n) is 3.91. The third-order valence-electron chi connectivity index (χ3n) is 6.39. The number of carbonyl (C=O) groups excluding carboxylic acids is 1. The Labute approximate surface area is 276 Å². The molecule has 3 unspecified atom stereocenters. The van der Waals surface area contributed by atoms with Crippen molar-refractivity contribution in [3.63, 3.8) is 0 Å². The molecule has 1 fully saturated rings. The Kier molecular flexibility index (Phi) is 24.1. The standard InChI is InChI=1S/C29H49O12P.Na/c1-2-3-4-5-6-7-8-9-10-11-12-13-14-15-16-17-18-19-23(31)39-20-22(30)21-40-42(37,38)41-29-27(35)25(33)24(32)26(34)28(29)36;/h6-7,9-10,12-13,15-16,22,24-30,32-36H,2-5,8,11,14,17-21H2,1H3,(H,37,38);/q;+1/p-1/b7-6+,10-9+,13-12+,16-15+;/t22-,24?,25-,26+,27-,28-,29?;/m1./s1. The second-order valence-electron chi connectivity index (χ2n) is 10.1. The molecule has 0 spiro atoms. The van der Waals surface area contributed by atoms with Gasteiger partial charge in [-0.25, -0.2) is 0 Å². The number of aliphatic hydroxyl groups is 6. The molecule has 0 radical (unpaired) electrons. The van der Waals surface area contributed by atoms with Crippen molar-refractivity contribution in [2.45, 2.75) is 114 Å². The van der Waals surface area contributed by atoms with E-state index >= 15 is 0 Å². The minimum absolute atomic E-state index is 0. The van der Waals surface area contributed by atoms with Crippen LogP contribution in [-0.2, 0) is 23.1 Å². The number of esters is 1. The SMILES string of the molecule is CCCCC/C=C/C/C=C/C/C=C/C/C=C/CCCC(=O)OC[C@@H](O)COP(=O)([O-])OC1[C@H](O)[C@H](O)C(O)[C@H](O)[C@H]1O.[Na+]. The zero-order chi connectivity index (χ0) is 31.4. The number of aliphatic hydroxyl groups excluding tert-OH is 6. The molecule has 0 aromatic carbocycles. The smallest absolute Gasteiger partial charge is 0.756 e. The van der Waals surface area contributed by atoms with E-state index in [4.69, 9.17) is 4.74 Å². The van der Waals surface area contributed by atoms with Crippen LogP contribution in [0.3, 0.4) is 0 Å². The summed E-state index contributed by atoms with van der Waals surface area (Å²) in [4.78, 5) is 23.9. The minimum atomic E-state index is -5.25. The fraction of sp³-hybridized carbons (Fsp3) is 0.690. The number of hydrogen-bond acceptors (Lipinski definition) is 12. The van der Waals surface area contributed by atoms with Gasteiger partial charge in [-0.2, -0.15) is 0 Å². The van der Waals surface area contributed by atoms with Crippen LogP contribution in [-0.4, -0.2) is 92.5 Å². The molecule has 242 valence electrons. The van der Waals surface area contributed by atoms with Crippen LogP contribution < -0.4 is 34.5 Å². The van der Waals surface area contributed by atoms with Gasteiger partial charge in [-0.05, 0) is 44.9 Å². The summed E-state index contributed by atoms with van der Waals surface area (Å²) in [6.45, 7) is 0.802. The van der Waals surface area contributed by atoms with Crippen molar-refractivity contribution in [2.24, 2.45) is 0 Å². The van der Waals surface area contributed by atoms with Crippen molar-refractivity contribution < 1.29 is 88.2 Å². The number of allylic oxidation sites excluding steroid dienone is 8. The number of carbonyl (C=O) groups is 1. The minimum Gasteiger partial charge on any atom is -0.756 e. The first kappa shape index (κ1) is 42.3. The van der Waals surface area contributed by atoms with E-state index in [1.807, 2.05) is 12.2 Å². The molecule has 12 nitrogen and oxygen atoms in total. The van der Waals surface area contributed by atoms with E-state index in [-0.39, 0.29) is 36.0 Å². The molecule has 1 aliphatic rings. The number of phosphoric ester groups is 1. The largest absolute Gasteiger partial charge is 1.00 e. The second kappa shape index (κ2) is 24.5. The van der Waals surface area contributed by atoms with Gasteiger partial charge < -0.3 is 49.3 Å². The summed E-state index contributed by atoms with van der Waals surface area (Å²) in [5.74, 6) is -0.582. The van der Waals surface area contributed by atoms with Crippen LogP contribution in [0.1, 0.15) is 71.1 Å². The van der Waals surface area contributed by atoms with E-state index in [1.54, 1.807) is 0 Å². The van der Waals surface area contributed by atoms with E-state index in [9.17, 15) is 44.9 Å². The van der Waals surface area contributed by atoms with Crippen molar-refractivity contribution in [3.05, 3.63) is 48.6 Å². The normalized spacial score (nSPS) is 26.7. The molecule has 1 aliphatic carbocycles. The number of ether oxygens (including phenoxy) is 1. The predicted octanol–water partition coefficient (Wildman–Crippen LogP) is -1.27. The summed E-state index contributed by atoms with van der Waals surface area (Å²) < 4.78 is 25.9. The average Bonchev–Trinajstić information content (AvgIpc) is 2.96. The first-order valence-electron chi connectivity index (χ1n) is 14.5. The van der Waals surface area contributed by atoms with Crippen LogP contribution >= 0.6 is 7.82 Å². The van der Waals surface area contributed by atoms with Crippen molar-refractivity contribution in [2.75, 3.05) is 13.2 Å². The van der Waals surface area contributed by atoms with Crippen LogP contribution in [0.5, 0.6) is 0 Å². The maximum atomic E-state index is 12.0. The van der Waals surface area contributed by atoms with Gasteiger partial charge >= 0.3 is 35.5 Å². The summed E-state index contributed by atoms with van der Waals surface area (Å²) in [5.41, 5.74) is 0. The molecule has 1 rings (SSSR count). The quantitative estimate of drug-likeness (QED) is 0.0285. The van der Waals surface area contributed by atoms with E-state index < -0.39 is 69.7 Å². The maximum Gasteiger partial charge on any atom is 1.00 e. The van der Waals surface area contributed by atoms with Gasteiger partial charge in [0.25, 0.3) is 7.82 Å². The monoisotopic (exact) mass is 642 g/mol. The van der Waals surface area contributed by atoms with Crippen LogP contribution in [0.15, 0.2) is 48.6 Å². The zero-order valence-corrected chi connectivity index (χ0v) is 28.1. The molecule has 0 aromatic rings. The molecule has 0 bridgehead atoms. The Hall–Kier alpha value is -0.700. The molecular formula is C29H48NaO12P. The Morgan fingerprint density at radius 1 is 0.767 bits per heavy atom. The van der Waals surface area contributed by atoms with Gasteiger partial charge in [0, 0.05) is 6.42 Å². The third-order valence-corrected chi connectivity index (χ3v) is 7.36. The van der Waals surface area contributed by atoms with Crippen molar-refractivity contribution >= 4 is 13.8 Å². The van der Waals surface area contributed by atoms with Gasteiger partial charge in [-0.15, -0.1) is 0 Å². The van der Waals surface area contributed by atoms with Gasteiger partial charge in [-0.3, -0.25) is 9.36 Å². The molecule has 8 atom stereocenters. The number of rotatable bonds is 21. The number of phosphoric acid groups is 1. The average molecular weight is 643 g/mol. The Morgan fingerprint density at radius 3 is 1.74 bits per heavy atom. The topological polar surface area (TPSA) is 206 Å². The molecule has 0 heterocycles. The van der Waals surface area contributed by atoms with Crippen molar-refractivity contribution in [1.82, 2.24) is 0 Å². The van der Waals surface area contributed by atoms with Crippen LogP contribution in [0.4, 0.5) is 0 Å². The van der Waals surface area contributed by atoms with E-state index in [2.05, 4.69) is 52.4 Å². The van der Waals surface area contributed by atoms with Gasteiger partial charge in [-0.1, -0.05) is 68.4 Å². The van der Waals surface area contributed by atoms with Crippen LogP contribution in [0, 0.1) is 0 Å². The van der Waals surface area contributed by atoms with Gasteiger partial charge in [0.2, 0.25) is 0 Å². The molecule has 0 aromatic heterocycles. The zero-order valence-electron chi connectivity index (χ0n) is 25.2. The van der Waals surface area contributed by atoms with E-state index in [0.29, 0.717) is 12.8 Å². The summed E-state index contributed by atoms with van der Waals surface area (Å²) in [6, 6.07) is 0. The summed E-state index contributed by atoms with van der Waals surface area (Å²) in [5, 5.41) is 58.4. The van der Waals surface area contributed by atoms with E-state index in [1.165, 1.54) is 19.3 Å². The molecule has 0 amide bonds. The summed E-state index contributed by atoms with van der Waals surface area (Å²) in [7, 11) is -5.25. The second-order valence-corrected chi connectivity index (χ2v) is 11.4. The van der Waals surface area contributed by atoms with Crippen molar-refractivity contribution in [3.8, 4) is 0 Å². The summed E-state index contributed by atoms with van der Waals surface area (Å²) >= 11 is 0.